The van der Waals surface area contributed by atoms with E-state index >= 15 is 0 Å². The molecule has 0 fully saturated rings. The molecule has 0 aromatic heterocycles. The second-order valence-electron chi connectivity index (χ2n) is 5.74. The molecule has 4 heteroatoms. The van der Waals surface area contributed by atoms with Gasteiger partial charge in [0.15, 0.2) is 0 Å². The summed E-state index contributed by atoms with van der Waals surface area (Å²) in [6.07, 6.45) is 2.01. The van der Waals surface area contributed by atoms with Crippen LogP contribution >= 0.6 is 0 Å². The van der Waals surface area contributed by atoms with Gasteiger partial charge in [-0.15, -0.1) is 0 Å². The van der Waals surface area contributed by atoms with Gasteiger partial charge >= 0.3 is 6.03 Å². The number of hydrogen-bond donors (Lipinski definition) is 2. The number of hydrogen-bond acceptors (Lipinski definition) is 2. The summed E-state index contributed by atoms with van der Waals surface area (Å²) < 4.78 is 0. The first-order valence-electron chi connectivity index (χ1n) is 6.71. The van der Waals surface area contributed by atoms with Gasteiger partial charge in [0.25, 0.3) is 0 Å². The molecule has 0 saturated heterocycles. The van der Waals surface area contributed by atoms with Gasteiger partial charge in [0, 0.05) is 20.1 Å². The van der Waals surface area contributed by atoms with Crippen molar-refractivity contribution < 1.29 is 9.90 Å². The van der Waals surface area contributed by atoms with Gasteiger partial charge in [0.05, 0.1) is 6.61 Å². The first kappa shape index (κ1) is 13.9. The molecule has 1 aromatic rings. The molecule has 0 bridgehead atoms. The number of carbonyl (C=O) groups excluding carboxylic acids is 1. The number of urea groups is 1. The largest absolute Gasteiger partial charge is 0.395 e. The summed E-state index contributed by atoms with van der Waals surface area (Å²) in [4.78, 5) is 13.3. The fourth-order valence-corrected chi connectivity index (χ4v) is 2.68. The molecule has 4 nitrogen and oxygen atoms in total. The number of amides is 2. The first-order valence-corrected chi connectivity index (χ1v) is 6.71. The van der Waals surface area contributed by atoms with Gasteiger partial charge in [-0.1, -0.05) is 31.2 Å². The predicted molar refractivity (Wildman–Crippen MR) is 75.1 cm³/mol. The van der Waals surface area contributed by atoms with Gasteiger partial charge < -0.3 is 15.3 Å². The third-order valence-corrected chi connectivity index (χ3v) is 3.80. The molecular weight excluding hydrogens is 240 g/mol. The zero-order valence-corrected chi connectivity index (χ0v) is 11.6. The molecule has 104 valence electrons. The standard InChI is InChI=1S/C15H22N2O2/c1-15(11-16-14(19)17(2)7-8-18)9-12-5-3-4-6-13(12)10-15/h3-6,18H,7-11H2,1-2H3,(H,16,19). The molecule has 0 heterocycles. The molecule has 1 aliphatic rings. The Morgan fingerprint density at radius 3 is 2.47 bits per heavy atom. The van der Waals surface area contributed by atoms with Crippen molar-refractivity contribution in [3.8, 4) is 0 Å². The van der Waals surface area contributed by atoms with Gasteiger partial charge in [0.1, 0.15) is 0 Å². The number of fused-ring (bicyclic) bond motifs is 1. The summed E-state index contributed by atoms with van der Waals surface area (Å²) in [7, 11) is 1.69. The smallest absolute Gasteiger partial charge is 0.317 e. The van der Waals surface area contributed by atoms with Gasteiger partial charge in [0.2, 0.25) is 0 Å². The molecule has 0 spiro atoms. The Morgan fingerprint density at radius 2 is 1.95 bits per heavy atom. The molecule has 2 amide bonds. The number of likely N-dealkylation sites (N-methyl/N-ethyl adjacent to an activating group) is 1. The molecule has 2 rings (SSSR count). The Hall–Kier alpha value is -1.55. The Labute approximate surface area is 114 Å². The topological polar surface area (TPSA) is 52.6 Å². The number of rotatable bonds is 4. The summed E-state index contributed by atoms with van der Waals surface area (Å²) in [5.41, 5.74) is 2.88. The van der Waals surface area contributed by atoms with E-state index in [4.69, 9.17) is 5.11 Å². The monoisotopic (exact) mass is 262 g/mol. The van der Waals surface area contributed by atoms with Gasteiger partial charge in [-0.25, -0.2) is 4.79 Å². The van der Waals surface area contributed by atoms with Crippen LogP contribution in [-0.4, -0.2) is 42.8 Å². The molecule has 0 radical (unpaired) electrons. The zero-order valence-electron chi connectivity index (χ0n) is 11.6. The van der Waals surface area contributed by atoms with Crippen molar-refractivity contribution in [1.82, 2.24) is 10.2 Å². The van der Waals surface area contributed by atoms with E-state index in [0.29, 0.717) is 13.1 Å². The highest BCUT2D eigenvalue weighted by Gasteiger charge is 2.33. The third kappa shape index (κ3) is 3.26. The highest BCUT2D eigenvalue weighted by atomic mass is 16.3. The van der Waals surface area contributed by atoms with E-state index in [-0.39, 0.29) is 18.1 Å². The van der Waals surface area contributed by atoms with Crippen molar-refractivity contribution in [2.75, 3.05) is 26.7 Å². The second-order valence-corrected chi connectivity index (χ2v) is 5.74. The van der Waals surface area contributed by atoms with E-state index < -0.39 is 0 Å². The second kappa shape index (κ2) is 5.61. The molecule has 0 aliphatic heterocycles. The Bertz CT molecular complexity index is 434. The molecule has 0 unspecified atom stereocenters. The van der Waals surface area contributed by atoms with Crippen molar-refractivity contribution in [3.05, 3.63) is 35.4 Å². The van der Waals surface area contributed by atoms with Crippen molar-refractivity contribution in [2.24, 2.45) is 5.41 Å². The maximum Gasteiger partial charge on any atom is 0.317 e. The van der Waals surface area contributed by atoms with E-state index in [2.05, 4.69) is 36.5 Å². The van der Waals surface area contributed by atoms with E-state index in [1.54, 1.807) is 7.05 Å². The molecule has 0 atom stereocenters. The van der Waals surface area contributed by atoms with Crippen molar-refractivity contribution in [1.29, 1.82) is 0 Å². The van der Waals surface area contributed by atoms with Crippen LogP contribution in [0.15, 0.2) is 24.3 Å². The number of aliphatic hydroxyl groups excluding tert-OH is 1. The molecule has 0 saturated carbocycles. The molecule has 1 aliphatic carbocycles. The Balaban J connectivity index is 1.89. The summed E-state index contributed by atoms with van der Waals surface area (Å²) in [5, 5.41) is 11.8. The average Bonchev–Trinajstić information content (AvgIpc) is 2.73. The van der Waals surface area contributed by atoms with Gasteiger partial charge in [-0.2, -0.15) is 0 Å². The van der Waals surface area contributed by atoms with Crippen LogP contribution in [0.4, 0.5) is 4.79 Å². The maximum atomic E-state index is 11.8. The summed E-state index contributed by atoms with van der Waals surface area (Å²) in [6.45, 7) is 3.23. The number of benzene rings is 1. The zero-order chi connectivity index (χ0) is 13.9. The molecule has 2 N–H and O–H groups in total. The number of carbonyl (C=O) groups is 1. The van der Waals surface area contributed by atoms with Crippen molar-refractivity contribution >= 4 is 6.03 Å². The predicted octanol–water partition coefficient (Wildman–Crippen LogP) is 1.43. The van der Waals surface area contributed by atoms with Crippen LogP contribution in [-0.2, 0) is 12.8 Å². The lowest BCUT2D eigenvalue weighted by molar-refractivity contribution is 0.185. The fraction of sp³-hybridized carbons (Fsp3) is 0.533. The van der Waals surface area contributed by atoms with Crippen molar-refractivity contribution in [2.45, 2.75) is 19.8 Å². The van der Waals surface area contributed by atoms with Crippen LogP contribution in [0.5, 0.6) is 0 Å². The maximum absolute atomic E-state index is 11.8. The average molecular weight is 262 g/mol. The normalized spacial score (nSPS) is 15.9. The van der Waals surface area contributed by atoms with Gasteiger partial charge in [-0.3, -0.25) is 0 Å². The number of aliphatic hydroxyl groups is 1. The molecule has 1 aromatic carbocycles. The quantitative estimate of drug-likeness (QED) is 0.862. The van der Waals surface area contributed by atoms with E-state index in [1.807, 2.05) is 0 Å². The molecule has 19 heavy (non-hydrogen) atoms. The highest BCUT2D eigenvalue weighted by molar-refractivity contribution is 5.73. The fourth-order valence-electron chi connectivity index (χ4n) is 2.68. The van der Waals surface area contributed by atoms with Crippen LogP contribution in [0.2, 0.25) is 0 Å². The van der Waals surface area contributed by atoms with Crippen LogP contribution in [0.1, 0.15) is 18.1 Å². The Morgan fingerprint density at radius 1 is 1.37 bits per heavy atom. The SMILES string of the molecule is CN(CCO)C(=O)NCC1(C)Cc2ccccc2C1. The van der Waals surface area contributed by atoms with Gasteiger partial charge in [-0.05, 0) is 29.4 Å². The number of nitrogens with one attached hydrogen (secondary N) is 1. The minimum absolute atomic E-state index is 0.00731. The van der Waals surface area contributed by atoms with Crippen LogP contribution in [0.25, 0.3) is 0 Å². The number of nitrogens with zero attached hydrogens (tertiary/aromatic N) is 1. The van der Waals surface area contributed by atoms with Crippen LogP contribution < -0.4 is 5.32 Å². The highest BCUT2D eigenvalue weighted by Crippen LogP contribution is 2.35. The summed E-state index contributed by atoms with van der Waals surface area (Å²) in [5.74, 6) is 0. The lowest BCUT2D eigenvalue weighted by Gasteiger charge is -2.26. The van der Waals surface area contributed by atoms with Crippen LogP contribution in [0, 0.1) is 5.41 Å². The first-order chi connectivity index (χ1) is 9.04. The summed E-state index contributed by atoms with van der Waals surface area (Å²) >= 11 is 0. The minimum atomic E-state index is -0.119. The third-order valence-electron chi connectivity index (χ3n) is 3.80. The van der Waals surface area contributed by atoms with Crippen molar-refractivity contribution in [3.63, 3.8) is 0 Å². The minimum Gasteiger partial charge on any atom is -0.395 e. The van der Waals surface area contributed by atoms with E-state index in [1.165, 1.54) is 16.0 Å². The lowest BCUT2D eigenvalue weighted by Crippen LogP contribution is -2.43. The van der Waals surface area contributed by atoms with E-state index in [9.17, 15) is 4.79 Å². The summed E-state index contributed by atoms with van der Waals surface area (Å²) in [6, 6.07) is 8.35. The Kier molecular flexibility index (Phi) is 4.10. The van der Waals surface area contributed by atoms with E-state index in [0.717, 1.165) is 12.8 Å². The van der Waals surface area contributed by atoms with Crippen LogP contribution in [0.3, 0.4) is 0 Å². The molecular formula is C15H22N2O2. The lowest BCUT2D eigenvalue weighted by atomic mass is 9.87.